The number of thiophene rings is 1. The van der Waals surface area contributed by atoms with Gasteiger partial charge in [0.25, 0.3) is 5.91 Å². The second kappa shape index (κ2) is 18.0. The van der Waals surface area contributed by atoms with Gasteiger partial charge in [0.15, 0.2) is 8.32 Å². The number of hydrogen-bond acceptors (Lipinski definition) is 9. The first-order valence-electron chi connectivity index (χ1n) is 21.8. The van der Waals surface area contributed by atoms with E-state index in [0.29, 0.717) is 49.4 Å². The molecule has 2 aliphatic rings. The minimum Gasteiger partial charge on any atom is -0.506 e. The van der Waals surface area contributed by atoms with Crippen molar-refractivity contribution in [2.45, 2.75) is 136 Å². The Morgan fingerprint density at radius 1 is 0.984 bits per heavy atom. The Morgan fingerprint density at radius 3 is 2.34 bits per heavy atom. The number of carbonyl (C=O) groups excluding carboxylic acids is 2. The molecule has 0 saturated carbocycles. The van der Waals surface area contributed by atoms with E-state index in [1.54, 1.807) is 28.4 Å². The molecule has 4 aromatic rings. The lowest BCUT2D eigenvalue weighted by atomic mass is 9.88. The van der Waals surface area contributed by atoms with Crippen molar-refractivity contribution in [2.24, 2.45) is 0 Å². The fraction of sp³-hybridized carbons (Fsp3) is 0.562. The molecule has 0 bridgehead atoms. The van der Waals surface area contributed by atoms with Crippen molar-refractivity contribution in [1.82, 2.24) is 19.7 Å². The molecule has 61 heavy (non-hydrogen) atoms. The molecule has 2 aromatic carbocycles. The molecule has 2 amide bonds. The number of phenolic OH excluding ortho intramolecular Hbond substituents is 1. The number of piperidine rings is 1. The molecular weight excluding hydrogens is 805 g/mol. The quantitative estimate of drug-likeness (QED) is 0.107. The average molecular weight is 873 g/mol. The number of rotatable bonds is 12. The fourth-order valence-electron chi connectivity index (χ4n) is 8.34. The second-order valence-corrected chi connectivity index (χ2v) is 25.9. The summed E-state index contributed by atoms with van der Waals surface area (Å²) in [6.45, 7) is 27.5. The fourth-order valence-corrected chi connectivity index (χ4v) is 10.8. The minimum absolute atomic E-state index is 0.00843. The van der Waals surface area contributed by atoms with Crippen LogP contribution in [-0.4, -0.2) is 101 Å². The summed E-state index contributed by atoms with van der Waals surface area (Å²) in [6.07, 6.45) is 2.10. The number of fused-ring (bicyclic) bond motifs is 1. The van der Waals surface area contributed by atoms with Gasteiger partial charge >= 0.3 is 6.09 Å². The molecule has 2 saturated heterocycles. The topological polar surface area (TPSA) is 125 Å². The Balaban J connectivity index is 1.21. The molecule has 0 aliphatic carbocycles. The highest BCUT2D eigenvalue weighted by Crippen LogP contribution is 2.42. The maximum Gasteiger partial charge on any atom is 0.412 e. The molecular formula is C48H68N4O7SSi. The average Bonchev–Trinajstić information content (AvgIpc) is 3.67. The lowest BCUT2D eigenvalue weighted by Gasteiger charge is -2.49. The van der Waals surface area contributed by atoms with Gasteiger partial charge in [-0.15, -0.1) is 11.3 Å². The number of ether oxygens (including phenoxy) is 2. The van der Waals surface area contributed by atoms with Crippen LogP contribution in [0.4, 0.5) is 4.79 Å². The van der Waals surface area contributed by atoms with E-state index < -0.39 is 25.7 Å². The Labute approximate surface area is 367 Å². The number of aromatic amines is 1. The summed E-state index contributed by atoms with van der Waals surface area (Å²) in [5.74, 6) is 0.497. The Kier molecular flexibility index (Phi) is 13.7. The van der Waals surface area contributed by atoms with Gasteiger partial charge in [-0.05, 0) is 106 Å². The van der Waals surface area contributed by atoms with E-state index in [-0.39, 0.29) is 34.4 Å². The molecule has 11 nitrogen and oxygen atoms in total. The van der Waals surface area contributed by atoms with Crippen molar-refractivity contribution in [3.05, 3.63) is 97.5 Å². The summed E-state index contributed by atoms with van der Waals surface area (Å²) < 4.78 is 19.9. The normalized spacial score (nSPS) is 17.5. The highest BCUT2D eigenvalue weighted by Gasteiger charge is 2.48. The zero-order valence-corrected chi connectivity index (χ0v) is 40.1. The van der Waals surface area contributed by atoms with E-state index in [1.807, 2.05) is 44.0 Å². The van der Waals surface area contributed by atoms with E-state index in [1.165, 1.54) is 16.5 Å². The third-order valence-corrected chi connectivity index (χ3v) is 18.5. The van der Waals surface area contributed by atoms with Crippen LogP contribution >= 0.6 is 11.3 Å². The van der Waals surface area contributed by atoms with Gasteiger partial charge in [0, 0.05) is 60.9 Å². The molecule has 1 atom stereocenters. The maximum atomic E-state index is 14.4. The smallest absolute Gasteiger partial charge is 0.412 e. The van der Waals surface area contributed by atoms with E-state index in [0.717, 1.165) is 49.2 Å². The molecule has 13 heteroatoms. The van der Waals surface area contributed by atoms with Crippen LogP contribution in [0.5, 0.6) is 5.75 Å². The van der Waals surface area contributed by atoms with Crippen LogP contribution in [0.15, 0.2) is 64.8 Å². The number of pyridine rings is 1. The van der Waals surface area contributed by atoms with Crippen molar-refractivity contribution in [3.8, 4) is 5.75 Å². The highest BCUT2D eigenvalue weighted by molar-refractivity contribution is 7.10. The summed E-state index contributed by atoms with van der Waals surface area (Å²) in [4.78, 5) is 50.4. The number of morpholine rings is 1. The first-order valence-corrected chi connectivity index (χ1v) is 25.6. The van der Waals surface area contributed by atoms with Crippen molar-refractivity contribution < 1.29 is 28.6 Å². The molecule has 1 spiro atoms. The number of nitrogens with zero attached hydrogens (tertiary/aromatic N) is 3. The van der Waals surface area contributed by atoms with Gasteiger partial charge in [0.2, 0.25) is 5.56 Å². The van der Waals surface area contributed by atoms with Crippen LogP contribution in [0.1, 0.15) is 113 Å². The van der Waals surface area contributed by atoms with E-state index >= 15 is 0 Å². The first kappa shape index (κ1) is 46.5. The van der Waals surface area contributed by atoms with Gasteiger partial charge in [-0.25, -0.2) is 4.79 Å². The predicted molar refractivity (Wildman–Crippen MR) is 247 cm³/mol. The number of hydrogen-bond donors (Lipinski definition) is 2. The Hall–Kier alpha value is -4.01. The van der Waals surface area contributed by atoms with Crippen LogP contribution in [-0.2, 0) is 33.3 Å². The lowest BCUT2D eigenvalue weighted by Crippen LogP contribution is -2.60. The van der Waals surface area contributed by atoms with Crippen LogP contribution in [0, 0.1) is 0 Å². The van der Waals surface area contributed by atoms with E-state index in [9.17, 15) is 19.5 Å². The molecule has 2 aromatic heterocycles. The number of likely N-dealkylation sites (tertiary alicyclic amines) is 1. The number of phenols is 1. The van der Waals surface area contributed by atoms with Gasteiger partial charge in [-0.2, -0.15) is 0 Å². The Morgan fingerprint density at radius 2 is 1.69 bits per heavy atom. The summed E-state index contributed by atoms with van der Waals surface area (Å²) in [5, 5.41) is 13.1. The molecule has 332 valence electrons. The SMILES string of the molecule is CC(C)c1cc(C(=O)N2CCOC3(CCN(Cc4cccc(C[C@@](C)(O[Si](C)(C)C(C)(C)C)N(CCc5ccc(O)c6[nH]c(=O)ccc56)C(=O)OC(C)(C)C)c4)CC3)C2)cs1. The highest BCUT2D eigenvalue weighted by atomic mass is 32.1. The molecule has 0 unspecified atom stereocenters. The Bertz CT molecular complexity index is 2250. The van der Waals surface area contributed by atoms with Crippen molar-refractivity contribution in [1.29, 1.82) is 0 Å². The molecule has 0 radical (unpaired) electrons. The minimum atomic E-state index is -2.50. The van der Waals surface area contributed by atoms with E-state index in [4.69, 9.17) is 13.9 Å². The largest absolute Gasteiger partial charge is 0.506 e. The summed E-state index contributed by atoms with van der Waals surface area (Å²) >= 11 is 1.66. The van der Waals surface area contributed by atoms with Crippen molar-refractivity contribution >= 4 is 42.6 Å². The van der Waals surface area contributed by atoms with Gasteiger partial charge in [0.05, 0.1) is 29.8 Å². The summed E-state index contributed by atoms with van der Waals surface area (Å²) in [5.41, 5.74) is 1.78. The number of aromatic nitrogens is 1. The predicted octanol–water partition coefficient (Wildman–Crippen LogP) is 9.69. The van der Waals surface area contributed by atoms with E-state index in [2.05, 4.69) is 87.9 Å². The van der Waals surface area contributed by atoms with Gasteiger partial charge < -0.3 is 28.9 Å². The molecule has 4 heterocycles. The number of benzene rings is 2. The lowest BCUT2D eigenvalue weighted by molar-refractivity contribution is -0.127. The second-order valence-electron chi connectivity index (χ2n) is 20.2. The number of carbonyl (C=O) groups is 2. The van der Waals surface area contributed by atoms with Crippen LogP contribution in [0.25, 0.3) is 10.9 Å². The zero-order chi connectivity index (χ0) is 44.5. The molecule has 2 fully saturated rings. The summed E-state index contributed by atoms with van der Waals surface area (Å²) in [7, 11) is -2.50. The first-order chi connectivity index (χ1) is 28.5. The van der Waals surface area contributed by atoms with Crippen LogP contribution < -0.4 is 5.56 Å². The van der Waals surface area contributed by atoms with Gasteiger partial charge in [-0.1, -0.05) is 65.0 Å². The number of amides is 2. The van der Waals surface area contributed by atoms with Crippen molar-refractivity contribution in [3.63, 3.8) is 0 Å². The maximum absolute atomic E-state index is 14.4. The molecule has 6 rings (SSSR count). The number of nitrogens with one attached hydrogen (secondary N) is 1. The van der Waals surface area contributed by atoms with Gasteiger partial charge in [-0.3, -0.25) is 19.4 Å². The van der Waals surface area contributed by atoms with Crippen LogP contribution in [0.3, 0.4) is 0 Å². The standard InChI is InChI=1S/C48H68N4O7SSi/c1-33(2)40-28-37(31-60-40)43(55)51-25-26-57-48(32-51)20-23-50(24-21-48)30-35-14-12-13-34(27-35)29-47(9,59-61(10,11)46(6,7)8)52(44(56)58-45(3,4)5)22-19-36-15-17-39(53)42-38(36)16-18-41(54)49-42/h12-18,27-28,31,33,53H,19-26,29-30,32H2,1-11H3,(H,49,54)/t47-/m1/s1. The van der Waals surface area contributed by atoms with Crippen LogP contribution in [0.2, 0.25) is 18.1 Å². The molecule has 2 N–H and O–H groups in total. The van der Waals surface area contributed by atoms with Crippen molar-refractivity contribution in [2.75, 3.05) is 39.3 Å². The third kappa shape index (κ3) is 11.1. The zero-order valence-electron chi connectivity index (χ0n) is 38.3. The number of aromatic hydroxyl groups is 1. The van der Waals surface area contributed by atoms with Gasteiger partial charge in [0.1, 0.15) is 17.1 Å². The third-order valence-electron chi connectivity index (χ3n) is 12.7. The number of H-pyrrole nitrogens is 1. The monoisotopic (exact) mass is 872 g/mol. The summed E-state index contributed by atoms with van der Waals surface area (Å²) in [6, 6.07) is 17.2. The molecule has 2 aliphatic heterocycles.